The minimum atomic E-state index is -0.646. The molecule has 25 heavy (non-hydrogen) atoms. The molecule has 0 saturated carbocycles. The van der Waals surface area contributed by atoms with E-state index in [1.165, 1.54) is 5.69 Å². The third-order valence-electron chi connectivity index (χ3n) is 5.23. The summed E-state index contributed by atoms with van der Waals surface area (Å²) in [5.74, 6) is 0. The molecular formula is C19H31N3O3. The smallest absolute Gasteiger partial charge is 0.109 e. The number of hydrogen-bond donors (Lipinski definition) is 3. The van der Waals surface area contributed by atoms with E-state index < -0.39 is 12.2 Å². The van der Waals surface area contributed by atoms with Crippen LogP contribution in [-0.4, -0.2) is 84.8 Å². The molecule has 0 aliphatic carbocycles. The van der Waals surface area contributed by atoms with Crippen molar-refractivity contribution in [3.63, 3.8) is 0 Å². The second kappa shape index (κ2) is 8.47. The highest BCUT2D eigenvalue weighted by molar-refractivity contribution is 5.46. The lowest BCUT2D eigenvalue weighted by atomic mass is 10.0. The number of nitrogens with zero attached hydrogens (tertiary/aromatic N) is 2. The van der Waals surface area contributed by atoms with E-state index in [2.05, 4.69) is 53.2 Å². The average Bonchev–Trinajstić information content (AvgIpc) is 2.96. The van der Waals surface area contributed by atoms with Crippen molar-refractivity contribution < 1.29 is 14.9 Å². The highest BCUT2D eigenvalue weighted by atomic mass is 16.5. The lowest BCUT2D eigenvalue weighted by Gasteiger charge is -2.41. The molecule has 2 aliphatic rings. The molecule has 0 radical (unpaired) electrons. The van der Waals surface area contributed by atoms with Gasteiger partial charge in [-0.3, -0.25) is 4.90 Å². The fourth-order valence-corrected chi connectivity index (χ4v) is 3.87. The van der Waals surface area contributed by atoms with E-state index in [1.54, 1.807) is 0 Å². The molecule has 4 atom stereocenters. The molecule has 1 aromatic carbocycles. The Hall–Kier alpha value is -1.18. The molecule has 0 unspecified atom stereocenters. The summed E-state index contributed by atoms with van der Waals surface area (Å²) in [5.41, 5.74) is 1.25. The second-order valence-electron chi connectivity index (χ2n) is 7.30. The van der Waals surface area contributed by atoms with Crippen LogP contribution in [0.1, 0.15) is 13.8 Å². The van der Waals surface area contributed by atoms with Crippen LogP contribution < -0.4 is 10.2 Å². The van der Waals surface area contributed by atoms with Crippen LogP contribution in [0.15, 0.2) is 30.3 Å². The summed E-state index contributed by atoms with van der Waals surface area (Å²) in [6.45, 7) is 8.38. The molecule has 3 rings (SSSR count). The molecule has 2 fully saturated rings. The van der Waals surface area contributed by atoms with Crippen molar-refractivity contribution >= 4 is 5.69 Å². The van der Waals surface area contributed by atoms with E-state index in [9.17, 15) is 10.2 Å². The summed E-state index contributed by atoms with van der Waals surface area (Å²) in [6.07, 6.45) is -1.24. The van der Waals surface area contributed by atoms with Crippen molar-refractivity contribution in [2.24, 2.45) is 0 Å². The van der Waals surface area contributed by atoms with Crippen molar-refractivity contribution in [1.82, 2.24) is 10.2 Å². The Labute approximate surface area is 150 Å². The van der Waals surface area contributed by atoms with E-state index in [0.29, 0.717) is 12.6 Å². The van der Waals surface area contributed by atoms with Gasteiger partial charge in [0, 0.05) is 44.5 Å². The second-order valence-corrected chi connectivity index (χ2v) is 7.30. The van der Waals surface area contributed by atoms with Gasteiger partial charge in [-0.25, -0.2) is 0 Å². The summed E-state index contributed by atoms with van der Waals surface area (Å²) in [4.78, 5) is 4.70. The van der Waals surface area contributed by atoms with Crippen LogP contribution in [0.25, 0.3) is 0 Å². The van der Waals surface area contributed by atoms with Crippen LogP contribution in [0, 0.1) is 0 Å². The van der Waals surface area contributed by atoms with Crippen LogP contribution in [-0.2, 0) is 4.74 Å². The van der Waals surface area contributed by atoms with E-state index in [0.717, 1.165) is 26.2 Å². The van der Waals surface area contributed by atoms with Crippen molar-refractivity contribution in [2.45, 2.75) is 44.2 Å². The molecule has 140 valence electrons. The standard InChI is InChI=1S/C19H31N3O3/c1-14(2)20-12-16-18(19(24)17(13-23)25-16)22-10-8-21(9-11-22)15-6-4-3-5-7-15/h3-7,14,16-20,23-24H,8-13H2,1-2H3/t16-,17+,18+,19-/m1/s1. The first-order valence-electron chi connectivity index (χ1n) is 9.32. The fraction of sp³-hybridized carbons (Fsp3) is 0.684. The van der Waals surface area contributed by atoms with Crippen molar-refractivity contribution in [3.8, 4) is 0 Å². The van der Waals surface area contributed by atoms with Gasteiger partial charge >= 0.3 is 0 Å². The number of hydrogen-bond acceptors (Lipinski definition) is 6. The molecule has 2 heterocycles. The molecule has 2 saturated heterocycles. The summed E-state index contributed by atoms with van der Waals surface area (Å²) in [6, 6.07) is 10.7. The van der Waals surface area contributed by atoms with E-state index >= 15 is 0 Å². The molecular weight excluding hydrogens is 318 g/mol. The molecule has 0 aromatic heterocycles. The molecule has 0 amide bonds. The summed E-state index contributed by atoms with van der Waals surface area (Å²) < 4.78 is 5.93. The van der Waals surface area contributed by atoms with E-state index in [-0.39, 0.29) is 18.8 Å². The largest absolute Gasteiger partial charge is 0.394 e. The number of benzene rings is 1. The maximum atomic E-state index is 10.7. The molecule has 6 heteroatoms. The lowest BCUT2D eigenvalue weighted by molar-refractivity contribution is -0.0216. The number of anilines is 1. The van der Waals surface area contributed by atoms with Gasteiger partial charge in [0.05, 0.1) is 18.8 Å². The monoisotopic (exact) mass is 349 g/mol. The van der Waals surface area contributed by atoms with Crippen LogP contribution in [0.4, 0.5) is 5.69 Å². The summed E-state index contributed by atoms with van der Waals surface area (Å²) in [7, 11) is 0. The molecule has 3 N–H and O–H groups in total. The van der Waals surface area contributed by atoms with Gasteiger partial charge in [-0.2, -0.15) is 0 Å². The Morgan fingerprint density at radius 2 is 1.80 bits per heavy atom. The molecule has 0 bridgehead atoms. The van der Waals surface area contributed by atoms with Gasteiger partial charge in [-0.1, -0.05) is 32.0 Å². The maximum absolute atomic E-state index is 10.7. The number of aliphatic hydroxyl groups excluding tert-OH is 2. The van der Waals surface area contributed by atoms with Gasteiger partial charge in [0.2, 0.25) is 0 Å². The predicted octanol–water partition coefficient (Wildman–Crippen LogP) is 0.296. The Balaban J connectivity index is 1.62. The highest BCUT2D eigenvalue weighted by Crippen LogP contribution is 2.27. The van der Waals surface area contributed by atoms with Gasteiger partial charge in [0.15, 0.2) is 0 Å². The Bertz CT molecular complexity index is 520. The third-order valence-corrected chi connectivity index (χ3v) is 5.23. The highest BCUT2D eigenvalue weighted by Gasteiger charge is 2.46. The van der Waals surface area contributed by atoms with Crippen LogP contribution >= 0.6 is 0 Å². The normalized spacial score (nSPS) is 31.0. The van der Waals surface area contributed by atoms with Gasteiger partial charge in [0.25, 0.3) is 0 Å². The zero-order valence-electron chi connectivity index (χ0n) is 15.2. The Kier molecular flexibility index (Phi) is 6.30. The number of ether oxygens (including phenoxy) is 1. The number of aliphatic hydroxyl groups is 2. The molecule has 2 aliphatic heterocycles. The zero-order chi connectivity index (χ0) is 17.8. The summed E-state index contributed by atoms with van der Waals surface area (Å²) in [5, 5.41) is 23.6. The molecule has 1 aromatic rings. The van der Waals surface area contributed by atoms with Crippen LogP contribution in [0.2, 0.25) is 0 Å². The maximum Gasteiger partial charge on any atom is 0.109 e. The quantitative estimate of drug-likeness (QED) is 0.686. The first kappa shape index (κ1) is 18.6. The third kappa shape index (κ3) is 4.33. The zero-order valence-corrected chi connectivity index (χ0v) is 15.2. The SMILES string of the molecule is CC(C)NC[C@H]1O[C@@H](CO)[C@@H](O)[C@H]1N1CCN(c2ccccc2)CC1. The van der Waals surface area contributed by atoms with Crippen molar-refractivity contribution in [2.75, 3.05) is 44.2 Å². The Morgan fingerprint density at radius 1 is 1.12 bits per heavy atom. The number of nitrogens with one attached hydrogen (secondary N) is 1. The van der Waals surface area contributed by atoms with Gasteiger partial charge in [0.1, 0.15) is 12.2 Å². The topological polar surface area (TPSA) is 68.2 Å². The number of rotatable bonds is 6. The van der Waals surface area contributed by atoms with E-state index in [1.807, 2.05) is 6.07 Å². The van der Waals surface area contributed by atoms with E-state index in [4.69, 9.17) is 4.74 Å². The van der Waals surface area contributed by atoms with Gasteiger partial charge < -0.3 is 25.2 Å². The van der Waals surface area contributed by atoms with Crippen molar-refractivity contribution in [3.05, 3.63) is 30.3 Å². The minimum absolute atomic E-state index is 0.0682. The van der Waals surface area contributed by atoms with Crippen molar-refractivity contribution in [1.29, 1.82) is 0 Å². The minimum Gasteiger partial charge on any atom is -0.394 e. The Morgan fingerprint density at radius 3 is 2.40 bits per heavy atom. The lowest BCUT2D eigenvalue weighted by Crippen LogP contribution is -2.57. The van der Waals surface area contributed by atoms with Gasteiger partial charge in [-0.05, 0) is 12.1 Å². The van der Waals surface area contributed by atoms with Crippen LogP contribution in [0.3, 0.4) is 0 Å². The fourth-order valence-electron chi connectivity index (χ4n) is 3.87. The first-order chi connectivity index (χ1) is 12.1. The number of piperazine rings is 1. The number of para-hydroxylation sites is 1. The average molecular weight is 349 g/mol. The predicted molar refractivity (Wildman–Crippen MR) is 98.9 cm³/mol. The molecule has 6 nitrogen and oxygen atoms in total. The summed E-state index contributed by atoms with van der Waals surface area (Å²) >= 11 is 0. The molecule has 0 spiro atoms. The first-order valence-corrected chi connectivity index (χ1v) is 9.32. The van der Waals surface area contributed by atoms with Gasteiger partial charge in [-0.15, -0.1) is 0 Å². The van der Waals surface area contributed by atoms with Crippen LogP contribution in [0.5, 0.6) is 0 Å².